The molecule has 0 unspecified atom stereocenters. The molecule has 5 N–H and O–H groups in total. The maximum absolute atomic E-state index is 13.1. The van der Waals surface area contributed by atoms with Crippen molar-refractivity contribution in [1.29, 1.82) is 5.26 Å². The topological polar surface area (TPSA) is 118 Å². The zero-order valence-electron chi connectivity index (χ0n) is 16.1. The summed E-state index contributed by atoms with van der Waals surface area (Å²) in [6.45, 7) is 2.49. The Morgan fingerprint density at radius 1 is 1.21 bits per heavy atom. The summed E-state index contributed by atoms with van der Waals surface area (Å²) in [5.41, 5.74) is 15.5. The molecule has 1 aromatic heterocycles. The van der Waals surface area contributed by atoms with E-state index in [1.54, 1.807) is 12.1 Å². The molecular weight excluding hydrogens is 369 g/mol. The zero-order chi connectivity index (χ0) is 20.8. The van der Waals surface area contributed by atoms with E-state index in [1.807, 2.05) is 31.2 Å². The van der Waals surface area contributed by atoms with E-state index in [1.165, 1.54) is 22.4 Å². The maximum Gasteiger partial charge on any atom is 0.193 e. The minimum absolute atomic E-state index is 0.234. The summed E-state index contributed by atoms with van der Waals surface area (Å²) in [4.78, 5) is 4.30. The van der Waals surface area contributed by atoms with E-state index in [0.29, 0.717) is 42.3 Å². The molecule has 148 valence electrons. The lowest BCUT2D eigenvalue weighted by atomic mass is 10.1. The standard InChI is InChI=1S/C21H22FN7/c1-14-4-8-16(9-5-14)27-21(25)26-12-2-3-19-18(13-23)20(24)29(28-19)17-10-6-15(22)7-11-17/h4-11H,2-3,12,24H2,1H3,(H3,25,26,27). The van der Waals surface area contributed by atoms with E-state index in [4.69, 9.17) is 11.5 Å². The number of nitrogens with one attached hydrogen (secondary N) is 1. The minimum atomic E-state index is -0.352. The number of anilines is 2. The highest BCUT2D eigenvalue weighted by Gasteiger charge is 2.16. The number of hydrogen-bond acceptors (Lipinski definition) is 4. The van der Waals surface area contributed by atoms with Gasteiger partial charge in [-0.25, -0.2) is 9.07 Å². The van der Waals surface area contributed by atoms with Crippen LogP contribution in [0, 0.1) is 24.1 Å². The van der Waals surface area contributed by atoms with Crippen molar-refractivity contribution in [3.63, 3.8) is 0 Å². The number of halogens is 1. The Hall–Kier alpha value is -3.86. The lowest BCUT2D eigenvalue weighted by Crippen LogP contribution is -2.22. The number of aliphatic imine (C=N–C) groups is 1. The van der Waals surface area contributed by atoms with Crippen LogP contribution in [0.1, 0.15) is 23.2 Å². The lowest BCUT2D eigenvalue weighted by Gasteiger charge is -2.05. The fourth-order valence-corrected chi connectivity index (χ4v) is 2.82. The van der Waals surface area contributed by atoms with Crippen molar-refractivity contribution in [2.45, 2.75) is 19.8 Å². The van der Waals surface area contributed by atoms with Gasteiger partial charge >= 0.3 is 0 Å². The molecule has 0 aliphatic carbocycles. The van der Waals surface area contributed by atoms with Gasteiger partial charge in [0, 0.05) is 12.2 Å². The van der Waals surface area contributed by atoms with E-state index in [9.17, 15) is 9.65 Å². The molecule has 0 amide bonds. The Labute approximate surface area is 168 Å². The summed E-state index contributed by atoms with van der Waals surface area (Å²) in [6, 6.07) is 15.7. The average molecular weight is 391 g/mol. The van der Waals surface area contributed by atoms with Gasteiger partial charge in [-0.2, -0.15) is 10.4 Å². The van der Waals surface area contributed by atoms with Gasteiger partial charge in [0.25, 0.3) is 0 Å². The average Bonchev–Trinajstić information content (AvgIpc) is 3.03. The Morgan fingerprint density at radius 2 is 1.90 bits per heavy atom. The summed E-state index contributed by atoms with van der Waals surface area (Å²) in [6.07, 6.45) is 1.16. The number of benzene rings is 2. The number of guanidine groups is 1. The molecule has 3 aromatic rings. The first kappa shape index (κ1) is 19.9. The van der Waals surface area contributed by atoms with Crippen molar-refractivity contribution in [1.82, 2.24) is 9.78 Å². The number of nitrogens with two attached hydrogens (primary N) is 2. The molecule has 2 aromatic carbocycles. The smallest absolute Gasteiger partial charge is 0.193 e. The SMILES string of the molecule is Cc1ccc(NC(N)=NCCCc2nn(-c3ccc(F)cc3)c(N)c2C#N)cc1. The highest BCUT2D eigenvalue weighted by molar-refractivity contribution is 5.92. The van der Waals surface area contributed by atoms with Crippen LogP contribution in [-0.2, 0) is 6.42 Å². The molecule has 0 aliphatic rings. The molecule has 29 heavy (non-hydrogen) atoms. The van der Waals surface area contributed by atoms with Crippen molar-refractivity contribution >= 4 is 17.5 Å². The van der Waals surface area contributed by atoms with Crippen molar-refractivity contribution in [3.8, 4) is 11.8 Å². The Bertz CT molecular complexity index is 1040. The van der Waals surface area contributed by atoms with E-state index < -0.39 is 0 Å². The van der Waals surface area contributed by atoms with Crippen molar-refractivity contribution in [3.05, 3.63) is 71.2 Å². The zero-order valence-corrected chi connectivity index (χ0v) is 16.1. The van der Waals surface area contributed by atoms with Gasteiger partial charge in [-0.15, -0.1) is 0 Å². The first-order valence-electron chi connectivity index (χ1n) is 9.15. The summed E-state index contributed by atoms with van der Waals surface area (Å²) in [5.74, 6) is 0.207. The highest BCUT2D eigenvalue weighted by atomic mass is 19.1. The van der Waals surface area contributed by atoms with E-state index in [2.05, 4.69) is 21.5 Å². The van der Waals surface area contributed by atoms with Crippen LogP contribution in [0.2, 0.25) is 0 Å². The number of aromatic nitrogens is 2. The Morgan fingerprint density at radius 3 is 2.55 bits per heavy atom. The second-order valence-electron chi connectivity index (χ2n) is 6.57. The molecule has 0 bridgehead atoms. The van der Waals surface area contributed by atoms with Crippen molar-refractivity contribution in [2.24, 2.45) is 10.7 Å². The number of nitrogens with zero attached hydrogens (tertiary/aromatic N) is 4. The second-order valence-corrected chi connectivity index (χ2v) is 6.57. The molecule has 0 atom stereocenters. The van der Waals surface area contributed by atoms with Crippen LogP contribution in [-0.4, -0.2) is 22.3 Å². The monoisotopic (exact) mass is 391 g/mol. The molecule has 3 rings (SSSR count). The normalized spacial score (nSPS) is 11.3. The van der Waals surface area contributed by atoms with Gasteiger partial charge in [0.2, 0.25) is 0 Å². The highest BCUT2D eigenvalue weighted by Crippen LogP contribution is 2.21. The molecule has 0 fully saturated rings. The Balaban J connectivity index is 1.63. The van der Waals surface area contributed by atoms with Crippen molar-refractivity contribution < 1.29 is 4.39 Å². The van der Waals surface area contributed by atoms with Crippen LogP contribution in [0.15, 0.2) is 53.5 Å². The fraction of sp³-hybridized carbons (Fsp3) is 0.190. The third-order valence-corrected chi connectivity index (χ3v) is 4.35. The third-order valence-electron chi connectivity index (χ3n) is 4.35. The number of nitriles is 1. The second kappa shape index (κ2) is 8.89. The van der Waals surface area contributed by atoms with E-state index in [0.717, 1.165) is 5.69 Å². The molecular formula is C21H22FN7. The quantitative estimate of drug-likeness (QED) is 0.339. The maximum atomic E-state index is 13.1. The van der Waals surface area contributed by atoms with Crippen LogP contribution in [0.3, 0.4) is 0 Å². The fourth-order valence-electron chi connectivity index (χ4n) is 2.82. The molecule has 0 saturated heterocycles. The molecule has 0 radical (unpaired) electrons. The summed E-state index contributed by atoms with van der Waals surface area (Å²) < 4.78 is 14.6. The number of aryl methyl sites for hydroxylation is 2. The van der Waals surface area contributed by atoms with Gasteiger partial charge in [0.15, 0.2) is 5.96 Å². The predicted molar refractivity (Wildman–Crippen MR) is 112 cm³/mol. The summed E-state index contributed by atoms with van der Waals surface area (Å²) in [5, 5.41) is 16.9. The molecule has 8 heteroatoms. The van der Waals surface area contributed by atoms with Crippen LogP contribution in [0.25, 0.3) is 5.69 Å². The lowest BCUT2D eigenvalue weighted by molar-refractivity contribution is 0.627. The summed E-state index contributed by atoms with van der Waals surface area (Å²) >= 11 is 0. The molecule has 1 heterocycles. The first-order valence-corrected chi connectivity index (χ1v) is 9.15. The number of hydrogen-bond donors (Lipinski definition) is 3. The van der Waals surface area contributed by atoms with Gasteiger partial charge in [-0.05, 0) is 56.2 Å². The molecule has 0 aliphatic heterocycles. The van der Waals surface area contributed by atoms with Crippen LogP contribution in [0.4, 0.5) is 15.9 Å². The van der Waals surface area contributed by atoms with Gasteiger partial charge in [0.05, 0.1) is 11.4 Å². The molecule has 7 nitrogen and oxygen atoms in total. The van der Waals surface area contributed by atoms with Crippen LogP contribution >= 0.6 is 0 Å². The Kier molecular flexibility index (Phi) is 6.09. The minimum Gasteiger partial charge on any atom is -0.382 e. The first-order chi connectivity index (χ1) is 14.0. The van der Waals surface area contributed by atoms with Crippen LogP contribution in [0.5, 0.6) is 0 Å². The van der Waals surface area contributed by atoms with Crippen LogP contribution < -0.4 is 16.8 Å². The van der Waals surface area contributed by atoms with Gasteiger partial charge in [0.1, 0.15) is 23.3 Å². The van der Waals surface area contributed by atoms with Gasteiger partial charge in [-0.3, -0.25) is 4.99 Å². The number of nitrogen functional groups attached to an aromatic ring is 1. The largest absolute Gasteiger partial charge is 0.382 e. The van der Waals surface area contributed by atoms with Gasteiger partial charge in [-0.1, -0.05) is 17.7 Å². The van der Waals surface area contributed by atoms with Gasteiger partial charge < -0.3 is 16.8 Å². The molecule has 0 saturated carbocycles. The third kappa shape index (κ3) is 4.90. The van der Waals surface area contributed by atoms with E-state index >= 15 is 0 Å². The predicted octanol–water partition coefficient (Wildman–Crippen LogP) is 3.13. The van der Waals surface area contributed by atoms with E-state index in [-0.39, 0.29) is 11.6 Å². The number of rotatable bonds is 6. The molecule has 0 spiro atoms. The van der Waals surface area contributed by atoms with Crippen molar-refractivity contribution in [2.75, 3.05) is 17.6 Å². The summed E-state index contributed by atoms with van der Waals surface area (Å²) in [7, 11) is 0.